The third kappa shape index (κ3) is 10.6. The van der Waals surface area contributed by atoms with Gasteiger partial charge in [0.25, 0.3) is 0 Å². The molecule has 7 N–H and O–H groups in total. The number of hydrogen-bond donors (Lipinski definition) is 5. The van der Waals surface area contributed by atoms with Crippen LogP contribution in [0, 0.1) is 13.8 Å². The summed E-state index contributed by atoms with van der Waals surface area (Å²) in [4.78, 5) is 62.4. The quantitative estimate of drug-likeness (QED) is 0.0688. The van der Waals surface area contributed by atoms with Gasteiger partial charge in [0.2, 0.25) is 0 Å². The number of hydrogen-bond acceptors (Lipinski definition) is 11. The van der Waals surface area contributed by atoms with Crippen molar-refractivity contribution in [3.05, 3.63) is 94.6 Å². The number of halogens is 6. The van der Waals surface area contributed by atoms with Gasteiger partial charge in [0.1, 0.15) is 17.2 Å². The SMILES string of the molecule is CCN(C(=O)C(=O)Nc1cnc(N)c2cn[nH]c12)C(C)c1ccc(C(F)(F)F)cc1C.CCN(C(=O)C(=O)Nc1cnc(N)c2cnn(C3CCCCO3)c12)C(C)c1ccc(C(F)(F)F)cc1C. The Labute approximate surface area is 385 Å². The van der Waals surface area contributed by atoms with Crippen LogP contribution < -0.4 is 22.1 Å². The Morgan fingerprint density at radius 1 is 0.765 bits per heavy atom. The van der Waals surface area contributed by atoms with E-state index in [0.29, 0.717) is 50.7 Å². The maximum atomic E-state index is 13.2. The van der Waals surface area contributed by atoms with Gasteiger partial charge in [-0.3, -0.25) is 24.3 Å². The van der Waals surface area contributed by atoms with E-state index in [4.69, 9.17) is 16.2 Å². The lowest BCUT2D eigenvalue weighted by molar-refractivity contribution is -0.144. The fourth-order valence-corrected chi connectivity index (χ4v) is 8.13. The van der Waals surface area contributed by atoms with Crippen molar-refractivity contribution < 1.29 is 50.3 Å². The van der Waals surface area contributed by atoms with Gasteiger partial charge < -0.3 is 36.6 Å². The number of anilines is 4. The molecule has 7 rings (SSSR count). The summed E-state index contributed by atoms with van der Waals surface area (Å²) in [5.74, 6) is -3.06. The Kier molecular flexibility index (Phi) is 15.0. The van der Waals surface area contributed by atoms with E-state index in [-0.39, 0.29) is 42.3 Å². The predicted octanol–water partition coefficient (Wildman–Crippen LogP) is 8.00. The summed E-state index contributed by atoms with van der Waals surface area (Å²) < 4.78 is 85.5. The van der Waals surface area contributed by atoms with Gasteiger partial charge in [0.15, 0.2) is 6.23 Å². The smallest absolute Gasteiger partial charge is 0.383 e. The number of nitrogen functional groups attached to an aromatic ring is 2. The van der Waals surface area contributed by atoms with Crippen molar-refractivity contribution in [1.82, 2.24) is 39.7 Å². The third-order valence-corrected chi connectivity index (χ3v) is 11.7. The Morgan fingerprint density at radius 3 is 1.74 bits per heavy atom. The second-order valence-corrected chi connectivity index (χ2v) is 16.0. The molecule has 0 aliphatic carbocycles. The highest BCUT2D eigenvalue weighted by Crippen LogP contribution is 2.36. The van der Waals surface area contributed by atoms with Gasteiger partial charge in [-0.15, -0.1) is 0 Å². The lowest BCUT2D eigenvalue weighted by Crippen LogP contribution is -2.41. The van der Waals surface area contributed by atoms with Crippen LogP contribution in [0.25, 0.3) is 21.8 Å². The Balaban J connectivity index is 0.000000228. The van der Waals surface area contributed by atoms with Crippen LogP contribution in [0.15, 0.2) is 61.2 Å². The molecule has 4 aromatic heterocycles. The third-order valence-electron chi connectivity index (χ3n) is 11.7. The number of aryl methyl sites for hydroxylation is 2. The number of benzene rings is 2. The van der Waals surface area contributed by atoms with Gasteiger partial charge >= 0.3 is 36.0 Å². The van der Waals surface area contributed by atoms with Crippen LogP contribution in [0.3, 0.4) is 0 Å². The number of nitrogens with zero attached hydrogens (tertiary/aromatic N) is 7. The molecule has 2 aromatic carbocycles. The van der Waals surface area contributed by atoms with Crippen molar-refractivity contribution in [3.8, 4) is 0 Å². The van der Waals surface area contributed by atoms with Crippen molar-refractivity contribution in [2.75, 3.05) is 41.8 Å². The van der Waals surface area contributed by atoms with Gasteiger partial charge in [-0.05, 0) is 107 Å². The van der Waals surface area contributed by atoms with E-state index in [1.165, 1.54) is 47.4 Å². The van der Waals surface area contributed by atoms with Crippen LogP contribution in [-0.2, 0) is 36.3 Å². The zero-order valence-corrected chi connectivity index (χ0v) is 37.8. The number of pyridine rings is 2. The van der Waals surface area contributed by atoms with E-state index < -0.39 is 59.2 Å². The molecule has 0 bridgehead atoms. The average molecular weight is 953 g/mol. The molecule has 4 amide bonds. The molecule has 3 unspecified atom stereocenters. The van der Waals surface area contributed by atoms with Crippen LogP contribution >= 0.6 is 0 Å². The topological polar surface area (TPSA) is 232 Å². The first-order chi connectivity index (χ1) is 32.1. The summed E-state index contributed by atoms with van der Waals surface area (Å²) >= 11 is 0. The normalized spacial score (nSPS) is 15.0. The number of carbonyl (C=O) groups excluding carboxylic acids is 4. The number of rotatable bonds is 9. The summed E-state index contributed by atoms with van der Waals surface area (Å²) in [6.07, 6.45) is -0.972. The van der Waals surface area contributed by atoms with Crippen molar-refractivity contribution in [2.24, 2.45) is 0 Å². The van der Waals surface area contributed by atoms with Crippen molar-refractivity contribution in [3.63, 3.8) is 0 Å². The first kappa shape index (κ1) is 50.1. The predicted molar refractivity (Wildman–Crippen MR) is 240 cm³/mol. The molecule has 0 saturated carbocycles. The summed E-state index contributed by atoms with van der Waals surface area (Å²) in [7, 11) is 0. The maximum Gasteiger partial charge on any atom is 0.416 e. The summed E-state index contributed by atoms with van der Waals surface area (Å²) in [6, 6.07) is 5.41. The lowest BCUT2D eigenvalue weighted by atomic mass is 9.98. The highest BCUT2D eigenvalue weighted by Gasteiger charge is 2.34. The molecule has 23 heteroatoms. The minimum Gasteiger partial charge on any atom is -0.383 e. The van der Waals surface area contributed by atoms with Gasteiger partial charge in [0, 0.05) is 19.7 Å². The minimum atomic E-state index is -4.47. The van der Waals surface area contributed by atoms with Crippen LogP contribution in [0.1, 0.15) is 98.6 Å². The molecule has 1 saturated heterocycles. The molecule has 0 spiro atoms. The first-order valence-electron chi connectivity index (χ1n) is 21.5. The van der Waals surface area contributed by atoms with Gasteiger partial charge in [-0.25, -0.2) is 14.6 Å². The number of alkyl halides is 6. The number of aromatic amines is 1. The fraction of sp³-hybridized carbons (Fsp3) is 0.378. The molecular weight excluding hydrogens is 903 g/mol. The average Bonchev–Trinajstić information content (AvgIpc) is 3.99. The molecular formula is C45H50F6N12O5. The minimum absolute atomic E-state index is 0.164. The standard InChI is InChI=1S/C25H29F3N6O3.C20H21F3N6O2/c1-4-33(15(3)17-9-8-16(11-14(17)2)25(26,27)28)24(36)23(35)32-19-13-30-22(29)18-12-31-34(21(18)19)20-7-5-6-10-37-20;1-4-29(11(3)13-6-5-12(7-10(13)2)20(21,22)23)19(31)18(30)27-15-9-25-17(24)14-8-26-28-16(14)15/h8-9,11-13,15,20H,4-7,10H2,1-3H3,(H2,29,30)(H,32,35);5-9,11H,4H2,1-3H3,(H2,24,25)(H,26,28)(H,27,30). The summed E-state index contributed by atoms with van der Waals surface area (Å²) in [6.45, 7) is 10.7. The highest BCUT2D eigenvalue weighted by atomic mass is 19.4. The summed E-state index contributed by atoms with van der Waals surface area (Å²) in [5.41, 5.74) is 13.4. The molecule has 1 aliphatic heterocycles. The highest BCUT2D eigenvalue weighted by molar-refractivity contribution is 6.40. The number of fused-ring (bicyclic) bond motifs is 2. The van der Waals surface area contributed by atoms with Crippen molar-refractivity contribution in [1.29, 1.82) is 0 Å². The maximum absolute atomic E-state index is 13.2. The number of likely N-dealkylation sites (N-methyl/N-ethyl adjacent to an activating group) is 2. The molecule has 3 atom stereocenters. The number of aromatic nitrogens is 6. The number of H-pyrrole nitrogens is 1. The van der Waals surface area contributed by atoms with Gasteiger partial charge in [-0.1, -0.05) is 12.1 Å². The van der Waals surface area contributed by atoms with Gasteiger partial charge in [0.05, 0.1) is 75.7 Å². The largest absolute Gasteiger partial charge is 0.416 e. The van der Waals surface area contributed by atoms with Crippen LogP contribution in [0.4, 0.5) is 49.4 Å². The fourth-order valence-electron chi connectivity index (χ4n) is 8.13. The Bertz CT molecular complexity index is 2840. The van der Waals surface area contributed by atoms with Gasteiger partial charge in [-0.2, -0.15) is 36.5 Å². The van der Waals surface area contributed by atoms with Crippen molar-refractivity contribution in [2.45, 2.75) is 91.5 Å². The molecule has 17 nitrogen and oxygen atoms in total. The molecule has 1 aliphatic rings. The monoisotopic (exact) mass is 952 g/mol. The first-order valence-corrected chi connectivity index (χ1v) is 21.5. The number of carbonyl (C=O) groups is 4. The number of amides is 4. The lowest BCUT2D eigenvalue weighted by Gasteiger charge is -2.29. The van der Waals surface area contributed by atoms with E-state index in [9.17, 15) is 45.5 Å². The van der Waals surface area contributed by atoms with Crippen LogP contribution in [-0.4, -0.2) is 83.1 Å². The number of ether oxygens (including phenoxy) is 1. The zero-order valence-electron chi connectivity index (χ0n) is 37.8. The Hall–Kier alpha value is -7.30. The van der Waals surface area contributed by atoms with E-state index >= 15 is 0 Å². The van der Waals surface area contributed by atoms with E-state index in [0.717, 1.165) is 43.5 Å². The Morgan fingerprint density at radius 2 is 1.26 bits per heavy atom. The molecule has 0 radical (unpaired) electrons. The second-order valence-electron chi connectivity index (χ2n) is 16.0. The van der Waals surface area contributed by atoms with E-state index in [1.54, 1.807) is 45.5 Å². The van der Waals surface area contributed by atoms with Crippen LogP contribution in [0.2, 0.25) is 0 Å². The zero-order chi connectivity index (χ0) is 49.8. The molecule has 1 fully saturated rings. The second kappa shape index (κ2) is 20.3. The van der Waals surface area contributed by atoms with E-state index in [2.05, 4.69) is 35.9 Å². The molecule has 362 valence electrons. The number of nitrogens with two attached hydrogens (primary N) is 2. The number of nitrogens with one attached hydrogen (secondary N) is 3. The van der Waals surface area contributed by atoms with Crippen LogP contribution in [0.5, 0.6) is 0 Å². The molecule has 6 aromatic rings. The van der Waals surface area contributed by atoms with E-state index in [1.807, 2.05) is 0 Å². The summed E-state index contributed by atoms with van der Waals surface area (Å²) in [5, 5.41) is 17.1. The molecule has 5 heterocycles. The van der Waals surface area contributed by atoms with Crippen molar-refractivity contribution >= 4 is 68.4 Å². The molecule has 68 heavy (non-hydrogen) atoms.